The monoisotopic (exact) mass is 521 g/mol. The zero-order valence-electron chi connectivity index (χ0n) is 21.3. The van der Waals surface area contributed by atoms with Crippen molar-refractivity contribution in [2.24, 2.45) is 7.05 Å². The van der Waals surface area contributed by atoms with Crippen LogP contribution in [0.25, 0.3) is 32.9 Å². The van der Waals surface area contributed by atoms with Crippen LogP contribution in [0.5, 0.6) is 0 Å². The molecule has 0 aliphatic heterocycles. The lowest BCUT2D eigenvalue weighted by Gasteiger charge is -2.17. The number of aromatic nitrogens is 2. The van der Waals surface area contributed by atoms with E-state index in [1.54, 1.807) is 12.3 Å². The minimum absolute atomic E-state index is 0.0364. The van der Waals surface area contributed by atoms with Gasteiger partial charge in [-0.05, 0) is 64.4 Å². The van der Waals surface area contributed by atoms with Gasteiger partial charge in [0.15, 0.2) is 0 Å². The van der Waals surface area contributed by atoms with E-state index in [0.717, 1.165) is 45.2 Å². The molecule has 3 nitrogen and oxygen atoms in total. The topological polar surface area (TPSA) is 29.9 Å². The fraction of sp³-hybridized carbons (Fsp3) is 0.121. The van der Waals surface area contributed by atoms with Crippen LogP contribution in [-0.2, 0) is 26.2 Å². The van der Waals surface area contributed by atoms with Gasteiger partial charge in [0.25, 0.3) is 0 Å². The number of halogens is 3. The Labute approximate surface area is 224 Å². The highest BCUT2D eigenvalue weighted by Gasteiger charge is 2.33. The third kappa shape index (κ3) is 4.86. The molecule has 1 N–H and O–H groups in total. The van der Waals surface area contributed by atoms with Crippen molar-refractivity contribution in [3.63, 3.8) is 0 Å². The first-order valence-corrected chi connectivity index (χ1v) is 12.8. The van der Waals surface area contributed by atoms with Gasteiger partial charge in [-0.25, -0.2) is 0 Å². The Bertz CT molecular complexity index is 1790. The Balaban J connectivity index is 1.42. The molecule has 0 fully saturated rings. The highest BCUT2D eigenvalue weighted by Crippen LogP contribution is 2.39. The van der Waals surface area contributed by atoms with E-state index in [4.69, 9.17) is 0 Å². The second-order valence-corrected chi connectivity index (χ2v) is 9.71. The number of anilines is 1. The third-order valence-corrected chi connectivity index (χ3v) is 7.19. The smallest absolute Gasteiger partial charge is 0.379 e. The van der Waals surface area contributed by atoms with E-state index >= 15 is 0 Å². The number of pyridine rings is 1. The molecular weight excluding hydrogens is 495 g/mol. The number of benzene rings is 4. The number of alkyl halides is 3. The Kier molecular flexibility index (Phi) is 6.31. The van der Waals surface area contributed by atoms with Crippen LogP contribution in [0.1, 0.15) is 22.4 Å². The molecule has 194 valence electrons. The zero-order chi connectivity index (χ0) is 27.0. The van der Waals surface area contributed by atoms with Crippen LogP contribution >= 0.6 is 0 Å². The molecule has 2 heterocycles. The zero-order valence-corrected chi connectivity index (χ0v) is 21.3. The second kappa shape index (κ2) is 9.95. The number of fused-ring (bicyclic) bond motifs is 2. The maximum Gasteiger partial charge on any atom is 0.418 e. The molecule has 2 aromatic heterocycles. The van der Waals surface area contributed by atoms with E-state index in [-0.39, 0.29) is 5.52 Å². The predicted molar refractivity (Wildman–Crippen MR) is 152 cm³/mol. The van der Waals surface area contributed by atoms with Crippen LogP contribution in [0, 0.1) is 0 Å². The van der Waals surface area contributed by atoms with E-state index in [1.165, 1.54) is 11.5 Å². The lowest BCUT2D eigenvalue weighted by Crippen LogP contribution is -2.07. The number of hydrogen-bond donors (Lipinski definition) is 1. The van der Waals surface area contributed by atoms with Gasteiger partial charge >= 0.3 is 6.18 Å². The molecular formula is C33H26F3N3. The van der Waals surface area contributed by atoms with Gasteiger partial charge < -0.3 is 9.88 Å². The molecule has 0 atom stereocenters. The first kappa shape index (κ1) is 24.7. The van der Waals surface area contributed by atoms with Crippen LogP contribution in [0.2, 0.25) is 0 Å². The van der Waals surface area contributed by atoms with Crippen LogP contribution in [0.4, 0.5) is 18.9 Å². The van der Waals surface area contributed by atoms with Crippen molar-refractivity contribution in [3.8, 4) is 11.1 Å². The highest BCUT2D eigenvalue weighted by atomic mass is 19.4. The molecule has 6 rings (SSSR count). The van der Waals surface area contributed by atoms with Crippen molar-refractivity contribution >= 4 is 27.5 Å². The Morgan fingerprint density at radius 3 is 2.38 bits per heavy atom. The summed E-state index contributed by atoms with van der Waals surface area (Å²) in [6, 6.07) is 32.5. The Morgan fingerprint density at radius 1 is 0.821 bits per heavy atom. The fourth-order valence-electron chi connectivity index (χ4n) is 5.28. The summed E-state index contributed by atoms with van der Waals surface area (Å²) in [4.78, 5) is 4.32. The molecule has 39 heavy (non-hydrogen) atoms. The maximum atomic E-state index is 13.9. The van der Waals surface area contributed by atoms with Gasteiger partial charge in [-0.1, -0.05) is 72.8 Å². The Hall–Kier alpha value is -4.58. The van der Waals surface area contributed by atoms with E-state index in [0.29, 0.717) is 18.4 Å². The molecule has 6 heteroatoms. The molecule has 4 aromatic carbocycles. The first-order chi connectivity index (χ1) is 18.9. The molecule has 0 radical (unpaired) electrons. The highest BCUT2D eigenvalue weighted by molar-refractivity contribution is 5.98. The van der Waals surface area contributed by atoms with E-state index in [1.807, 2.05) is 73.8 Å². The summed E-state index contributed by atoms with van der Waals surface area (Å²) in [7, 11) is 2.05. The molecule has 0 aliphatic rings. The summed E-state index contributed by atoms with van der Waals surface area (Å²) in [5.74, 6) is 0. The van der Waals surface area contributed by atoms with Gasteiger partial charge in [0.05, 0.1) is 17.6 Å². The van der Waals surface area contributed by atoms with Gasteiger partial charge in [-0.15, -0.1) is 0 Å². The van der Waals surface area contributed by atoms with Crippen molar-refractivity contribution in [1.82, 2.24) is 9.55 Å². The largest absolute Gasteiger partial charge is 0.418 e. The summed E-state index contributed by atoms with van der Waals surface area (Å²) in [5, 5.41) is 5.18. The van der Waals surface area contributed by atoms with E-state index in [9.17, 15) is 13.2 Å². The number of nitrogens with one attached hydrogen (secondary N) is 1. The molecule has 0 spiro atoms. The third-order valence-electron chi connectivity index (χ3n) is 7.19. The van der Waals surface area contributed by atoms with Gasteiger partial charge in [-0.2, -0.15) is 13.2 Å². The molecule has 0 saturated heterocycles. The van der Waals surface area contributed by atoms with Gasteiger partial charge in [0.2, 0.25) is 0 Å². The summed E-state index contributed by atoms with van der Waals surface area (Å²) in [6.07, 6.45) is -2.34. The molecule has 0 unspecified atom stereocenters. The van der Waals surface area contributed by atoms with Crippen LogP contribution in [0.3, 0.4) is 0 Å². The number of nitrogens with zero attached hydrogens (tertiary/aromatic N) is 2. The van der Waals surface area contributed by atoms with Crippen LogP contribution in [0.15, 0.2) is 109 Å². The summed E-state index contributed by atoms with van der Waals surface area (Å²) in [6.45, 7) is 0.612. The molecule has 0 bridgehead atoms. The molecule has 0 saturated carbocycles. The standard InChI is InChI=1S/C33H26F3N3/c1-39-27(19-23-11-5-6-16-30(23)39)21-37-26-13-7-12-24(18-26)31-25(17-22-9-3-2-4-10-22)20-38-32-28(31)14-8-15-29(32)33(34,35)36/h2-16,18-20,37H,17,21H2,1H3. The average molecular weight is 522 g/mol. The Morgan fingerprint density at radius 2 is 1.59 bits per heavy atom. The minimum Gasteiger partial charge on any atom is -0.379 e. The van der Waals surface area contributed by atoms with E-state index < -0.39 is 11.7 Å². The molecule has 6 aromatic rings. The second-order valence-electron chi connectivity index (χ2n) is 9.71. The number of aryl methyl sites for hydroxylation is 1. The summed E-state index contributed by atoms with van der Waals surface area (Å²) >= 11 is 0. The van der Waals surface area contributed by atoms with Gasteiger partial charge in [0, 0.05) is 35.5 Å². The van der Waals surface area contributed by atoms with Crippen molar-refractivity contribution in [3.05, 3.63) is 132 Å². The lowest BCUT2D eigenvalue weighted by atomic mass is 9.91. The number of rotatable bonds is 6. The fourth-order valence-corrected chi connectivity index (χ4v) is 5.28. The molecule has 0 amide bonds. The van der Waals surface area contributed by atoms with Crippen molar-refractivity contribution < 1.29 is 13.2 Å². The van der Waals surface area contributed by atoms with Gasteiger partial charge in [0.1, 0.15) is 0 Å². The quantitative estimate of drug-likeness (QED) is 0.238. The summed E-state index contributed by atoms with van der Waals surface area (Å²) < 4.78 is 43.8. The molecule has 0 aliphatic carbocycles. The lowest BCUT2D eigenvalue weighted by molar-refractivity contribution is -0.136. The van der Waals surface area contributed by atoms with Crippen molar-refractivity contribution in [2.75, 3.05) is 5.32 Å². The number of hydrogen-bond acceptors (Lipinski definition) is 2. The van der Waals surface area contributed by atoms with E-state index in [2.05, 4.69) is 33.1 Å². The van der Waals surface area contributed by atoms with Crippen molar-refractivity contribution in [2.45, 2.75) is 19.1 Å². The maximum absolute atomic E-state index is 13.9. The van der Waals surface area contributed by atoms with Crippen LogP contribution in [-0.4, -0.2) is 9.55 Å². The number of para-hydroxylation sites is 2. The van der Waals surface area contributed by atoms with Crippen LogP contribution < -0.4 is 5.32 Å². The normalized spacial score (nSPS) is 11.8. The summed E-state index contributed by atoms with van der Waals surface area (Å²) in [5.41, 5.74) is 5.98. The SMILES string of the molecule is Cn1c(CNc2cccc(-c3c(Cc4ccccc4)cnc4c(C(F)(F)F)cccc34)c2)cc2ccccc21. The first-order valence-electron chi connectivity index (χ1n) is 12.8. The minimum atomic E-state index is -4.49. The van der Waals surface area contributed by atoms with Gasteiger partial charge in [-0.3, -0.25) is 4.98 Å². The predicted octanol–water partition coefficient (Wildman–Crippen LogP) is 8.62. The van der Waals surface area contributed by atoms with Crippen molar-refractivity contribution in [1.29, 1.82) is 0 Å². The average Bonchev–Trinajstić information content (AvgIpc) is 3.27.